The SMILES string of the molecule is CN(C)CCC(NC(=O)c1ccn(C)n1)c1ccc(F)cc1. The molecule has 1 atom stereocenters. The van der Waals surface area contributed by atoms with Crippen molar-refractivity contribution in [2.24, 2.45) is 7.05 Å². The van der Waals surface area contributed by atoms with Crippen LogP contribution >= 0.6 is 0 Å². The second kappa shape index (κ2) is 7.17. The molecule has 2 aromatic rings. The van der Waals surface area contributed by atoms with E-state index in [4.69, 9.17) is 0 Å². The fourth-order valence-electron chi connectivity index (χ4n) is 2.17. The molecule has 0 fully saturated rings. The molecule has 1 heterocycles. The normalized spacial score (nSPS) is 12.4. The van der Waals surface area contributed by atoms with Crippen molar-refractivity contribution in [2.75, 3.05) is 20.6 Å². The van der Waals surface area contributed by atoms with E-state index in [0.29, 0.717) is 5.69 Å². The largest absolute Gasteiger partial charge is 0.344 e. The number of benzene rings is 1. The molecule has 0 saturated carbocycles. The first-order valence-corrected chi connectivity index (χ1v) is 7.16. The van der Waals surface area contributed by atoms with Crippen LogP contribution in [0.2, 0.25) is 0 Å². The van der Waals surface area contributed by atoms with Crippen LogP contribution in [0.25, 0.3) is 0 Å². The van der Waals surface area contributed by atoms with Crippen LogP contribution < -0.4 is 5.32 Å². The number of hydrogen-bond donors (Lipinski definition) is 1. The summed E-state index contributed by atoms with van der Waals surface area (Å²) in [6, 6.07) is 7.71. The average Bonchev–Trinajstić information content (AvgIpc) is 2.91. The summed E-state index contributed by atoms with van der Waals surface area (Å²) < 4.78 is 14.7. The Morgan fingerprint density at radius 1 is 1.32 bits per heavy atom. The molecule has 1 unspecified atom stereocenters. The molecule has 0 radical (unpaired) electrons. The third kappa shape index (κ3) is 4.39. The Morgan fingerprint density at radius 2 is 2.00 bits per heavy atom. The number of aromatic nitrogens is 2. The molecular weight excluding hydrogens is 283 g/mol. The zero-order valence-electron chi connectivity index (χ0n) is 13.1. The Balaban J connectivity index is 2.13. The van der Waals surface area contributed by atoms with E-state index < -0.39 is 0 Å². The van der Waals surface area contributed by atoms with E-state index in [1.54, 1.807) is 36.1 Å². The number of carbonyl (C=O) groups excluding carboxylic acids is 1. The summed E-state index contributed by atoms with van der Waals surface area (Å²) in [6.45, 7) is 0.810. The summed E-state index contributed by atoms with van der Waals surface area (Å²) in [5.74, 6) is -0.514. The molecule has 22 heavy (non-hydrogen) atoms. The molecular formula is C16H21FN4O. The smallest absolute Gasteiger partial charge is 0.272 e. The van der Waals surface area contributed by atoms with Gasteiger partial charge in [0.2, 0.25) is 0 Å². The number of carbonyl (C=O) groups is 1. The van der Waals surface area contributed by atoms with E-state index in [2.05, 4.69) is 10.4 Å². The minimum atomic E-state index is -0.286. The van der Waals surface area contributed by atoms with Gasteiger partial charge in [0, 0.05) is 13.2 Å². The second-order valence-electron chi connectivity index (χ2n) is 5.54. The van der Waals surface area contributed by atoms with Gasteiger partial charge < -0.3 is 10.2 Å². The Morgan fingerprint density at radius 3 is 2.55 bits per heavy atom. The molecule has 6 heteroatoms. The van der Waals surface area contributed by atoms with Gasteiger partial charge in [-0.25, -0.2) is 4.39 Å². The quantitative estimate of drug-likeness (QED) is 0.888. The summed E-state index contributed by atoms with van der Waals surface area (Å²) in [4.78, 5) is 14.3. The van der Waals surface area contributed by atoms with Crippen LogP contribution in [0.1, 0.15) is 28.5 Å². The van der Waals surface area contributed by atoms with Crippen LogP contribution in [0.4, 0.5) is 4.39 Å². The Kier molecular flexibility index (Phi) is 5.27. The first-order valence-electron chi connectivity index (χ1n) is 7.16. The first kappa shape index (κ1) is 16.2. The van der Waals surface area contributed by atoms with Gasteiger partial charge in [-0.05, 0) is 50.8 Å². The molecule has 0 aliphatic carbocycles. The van der Waals surface area contributed by atoms with Gasteiger partial charge in [0.15, 0.2) is 0 Å². The van der Waals surface area contributed by atoms with Crippen LogP contribution in [0.3, 0.4) is 0 Å². The van der Waals surface area contributed by atoms with Gasteiger partial charge in [-0.1, -0.05) is 12.1 Å². The topological polar surface area (TPSA) is 50.2 Å². The van der Waals surface area contributed by atoms with Crippen molar-refractivity contribution in [3.05, 3.63) is 53.6 Å². The summed E-state index contributed by atoms with van der Waals surface area (Å²) >= 11 is 0. The highest BCUT2D eigenvalue weighted by Crippen LogP contribution is 2.18. The Hall–Kier alpha value is -2.21. The van der Waals surface area contributed by atoms with Gasteiger partial charge in [-0.3, -0.25) is 9.48 Å². The molecule has 1 aromatic carbocycles. The van der Waals surface area contributed by atoms with E-state index >= 15 is 0 Å². The van der Waals surface area contributed by atoms with E-state index in [1.165, 1.54) is 12.1 Å². The van der Waals surface area contributed by atoms with Gasteiger partial charge in [0.1, 0.15) is 11.5 Å². The Labute approximate surface area is 129 Å². The van der Waals surface area contributed by atoms with Crippen LogP contribution in [0, 0.1) is 5.82 Å². The molecule has 0 aliphatic rings. The van der Waals surface area contributed by atoms with E-state index in [9.17, 15) is 9.18 Å². The maximum atomic E-state index is 13.1. The molecule has 0 spiro atoms. The number of halogens is 1. The zero-order valence-corrected chi connectivity index (χ0v) is 13.1. The first-order chi connectivity index (χ1) is 10.5. The minimum absolute atomic E-state index is 0.183. The van der Waals surface area contributed by atoms with Crippen molar-refractivity contribution in [3.63, 3.8) is 0 Å². The molecule has 0 bridgehead atoms. The summed E-state index contributed by atoms with van der Waals surface area (Å²) in [7, 11) is 5.71. The van der Waals surface area contributed by atoms with Gasteiger partial charge in [0.05, 0.1) is 6.04 Å². The van der Waals surface area contributed by atoms with Crippen molar-refractivity contribution < 1.29 is 9.18 Å². The lowest BCUT2D eigenvalue weighted by atomic mass is 10.0. The number of nitrogens with one attached hydrogen (secondary N) is 1. The average molecular weight is 304 g/mol. The van der Waals surface area contributed by atoms with Crippen LogP contribution in [-0.2, 0) is 7.05 Å². The maximum Gasteiger partial charge on any atom is 0.272 e. The second-order valence-corrected chi connectivity index (χ2v) is 5.54. The number of hydrogen-bond acceptors (Lipinski definition) is 3. The predicted molar refractivity (Wildman–Crippen MR) is 83.0 cm³/mol. The monoisotopic (exact) mass is 304 g/mol. The van der Waals surface area contributed by atoms with Crippen LogP contribution in [0.15, 0.2) is 36.5 Å². The molecule has 118 valence electrons. The highest BCUT2D eigenvalue weighted by Gasteiger charge is 2.17. The fraction of sp³-hybridized carbons (Fsp3) is 0.375. The molecule has 1 N–H and O–H groups in total. The summed E-state index contributed by atoms with van der Waals surface area (Å²) in [5.41, 5.74) is 1.26. The lowest BCUT2D eigenvalue weighted by molar-refractivity contribution is 0.0927. The molecule has 0 aliphatic heterocycles. The third-order valence-electron chi connectivity index (χ3n) is 3.39. The standard InChI is InChI=1S/C16H21FN4O/c1-20(2)10-8-14(12-4-6-13(17)7-5-12)18-16(22)15-9-11-21(3)19-15/h4-7,9,11,14H,8,10H2,1-3H3,(H,18,22). The highest BCUT2D eigenvalue weighted by atomic mass is 19.1. The maximum absolute atomic E-state index is 13.1. The van der Waals surface area contributed by atoms with Gasteiger partial charge in [0.25, 0.3) is 5.91 Å². The molecule has 2 rings (SSSR count). The molecule has 1 aromatic heterocycles. The van der Waals surface area contributed by atoms with Crippen molar-refractivity contribution in [1.82, 2.24) is 20.0 Å². The van der Waals surface area contributed by atoms with E-state index in [1.807, 2.05) is 19.0 Å². The molecule has 1 amide bonds. The number of rotatable bonds is 6. The lowest BCUT2D eigenvalue weighted by Gasteiger charge is -2.21. The van der Waals surface area contributed by atoms with Crippen LogP contribution in [0.5, 0.6) is 0 Å². The minimum Gasteiger partial charge on any atom is -0.344 e. The predicted octanol–water partition coefficient (Wildman–Crippen LogP) is 1.98. The molecule has 5 nitrogen and oxygen atoms in total. The Bertz CT molecular complexity index is 621. The summed E-state index contributed by atoms with van der Waals surface area (Å²) in [5, 5.41) is 7.07. The third-order valence-corrected chi connectivity index (χ3v) is 3.39. The van der Waals surface area contributed by atoms with Crippen LogP contribution in [-0.4, -0.2) is 41.2 Å². The van der Waals surface area contributed by atoms with E-state index in [0.717, 1.165) is 18.5 Å². The molecule has 0 saturated heterocycles. The summed E-state index contributed by atoms with van der Waals surface area (Å²) in [6.07, 6.45) is 2.46. The highest BCUT2D eigenvalue weighted by molar-refractivity contribution is 5.92. The van der Waals surface area contributed by atoms with Crippen molar-refractivity contribution in [2.45, 2.75) is 12.5 Å². The van der Waals surface area contributed by atoms with Crippen molar-refractivity contribution in [3.8, 4) is 0 Å². The van der Waals surface area contributed by atoms with Gasteiger partial charge in [-0.2, -0.15) is 5.10 Å². The zero-order chi connectivity index (χ0) is 16.1. The van der Waals surface area contributed by atoms with E-state index in [-0.39, 0.29) is 17.8 Å². The lowest BCUT2D eigenvalue weighted by Crippen LogP contribution is -2.31. The van der Waals surface area contributed by atoms with Crippen molar-refractivity contribution in [1.29, 1.82) is 0 Å². The van der Waals surface area contributed by atoms with Gasteiger partial charge in [-0.15, -0.1) is 0 Å². The fourth-order valence-corrected chi connectivity index (χ4v) is 2.17. The number of amides is 1. The van der Waals surface area contributed by atoms with Crippen molar-refractivity contribution >= 4 is 5.91 Å². The van der Waals surface area contributed by atoms with Gasteiger partial charge >= 0.3 is 0 Å². The number of nitrogens with zero attached hydrogens (tertiary/aromatic N) is 3. The number of aryl methyl sites for hydroxylation is 1.